The number of nitro benzene ring substituents is 1. The van der Waals surface area contributed by atoms with Crippen molar-refractivity contribution in [3.8, 4) is 11.5 Å². The van der Waals surface area contributed by atoms with E-state index >= 15 is 0 Å². The third-order valence-corrected chi connectivity index (χ3v) is 7.99. The van der Waals surface area contributed by atoms with Crippen LogP contribution in [0.2, 0.25) is 0 Å². The summed E-state index contributed by atoms with van der Waals surface area (Å²) in [6.45, 7) is 10.1. The molecule has 1 saturated heterocycles. The topological polar surface area (TPSA) is 93.9 Å². The van der Waals surface area contributed by atoms with Gasteiger partial charge in [-0.2, -0.15) is 0 Å². The number of non-ortho nitro benzene ring substituents is 1. The normalized spacial score (nSPS) is 22.1. The molecule has 1 N–H and O–H groups in total. The van der Waals surface area contributed by atoms with E-state index in [2.05, 4.69) is 23.5 Å². The SMILES string of the molecule is Cc1c(C)c2c(c(C)c1OCC1=CCCC=C1)C=CC(C)(C(=O)N1CCNCC1c1ccc([N+](=O)[O-])cc1)O2. The van der Waals surface area contributed by atoms with E-state index in [0.717, 1.165) is 46.4 Å². The minimum absolute atomic E-state index is 0.0269. The molecule has 0 saturated carbocycles. The molecule has 8 heteroatoms. The Morgan fingerprint density at radius 1 is 1.15 bits per heavy atom. The lowest BCUT2D eigenvalue weighted by atomic mass is 9.91. The van der Waals surface area contributed by atoms with E-state index in [9.17, 15) is 14.9 Å². The van der Waals surface area contributed by atoms with E-state index in [1.165, 1.54) is 17.7 Å². The van der Waals surface area contributed by atoms with Crippen LogP contribution in [0.3, 0.4) is 0 Å². The van der Waals surface area contributed by atoms with E-state index < -0.39 is 10.5 Å². The summed E-state index contributed by atoms with van der Waals surface area (Å²) in [7, 11) is 0. The Hall–Kier alpha value is -3.91. The van der Waals surface area contributed by atoms with E-state index in [4.69, 9.17) is 9.47 Å². The summed E-state index contributed by atoms with van der Waals surface area (Å²) in [6, 6.07) is 6.16. The van der Waals surface area contributed by atoms with Crippen LogP contribution < -0.4 is 14.8 Å². The molecule has 2 aliphatic heterocycles. The van der Waals surface area contributed by atoms with Gasteiger partial charge < -0.3 is 19.7 Å². The van der Waals surface area contributed by atoms with Gasteiger partial charge in [-0.15, -0.1) is 0 Å². The maximum absolute atomic E-state index is 14.0. The summed E-state index contributed by atoms with van der Waals surface area (Å²) in [5.74, 6) is 1.42. The van der Waals surface area contributed by atoms with E-state index in [1.54, 1.807) is 19.1 Å². The zero-order chi connectivity index (χ0) is 27.7. The summed E-state index contributed by atoms with van der Waals surface area (Å²) < 4.78 is 12.8. The summed E-state index contributed by atoms with van der Waals surface area (Å²) in [6.07, 6.45) is 12.4. The molecule has 3 aliphatic rings. The molecule has 0 spiro atoms. The van der Waals surface area contributed by atoms with E-state index in [-0.39, 0.29) is 17.6 Å². The number of fused-ring (bicyclic) bond motifs is 1. The zero-order valence-electron chi connectivity index (χ0n) is 23.0. The molecular weight excluding hydrogens is 494 g/mol. The molecule has 2 heterocycles. The number of allylic oxidation sites excluding steroid dienone is 2. The van der Waals surface area contributed by atoms with Gasteiger partial charge in [0.15, 0.2) is 0 Å². The fourth-order valence-electron chi connectivity index (χ4n) is 5.55. The minimum Gasteiger partial charge on any atom is -0.488 e. The summed E-state index contributed by atoms with van der Waals surface area (Å²) in [4.78, 5) is 26.6. The van der Waals surface area contributed by atoms with Crippen LogP contribution in [0.25, 0.3) is 6.08 Å². The van der Waals surface area contributed by atoms with E-state index in [0.29, 0.717) is 32.0 Å². The minimum atomic E-state index is -1.19. The predicted molar refractivity (Wildman–Crippen MR) is 151 cm³/mol. The van der Waals surface area contributed by atoms with Crippen molar-refractivity contribution in [3.63, 3.8) is 0 Å². The quantitative estimate of drug-likeness (QED) is 0.392. The van der Waals surface area contributed by atoms with Crippen LogP contribution in [-0.4, -0.2) is 47.6 Å². The molecule has 0 bridgehead atoms. The third kappa shape index (κ3) is 5.08. The van der Waals surface area contributed by atoms with Crippen molar-refractivity contribution in [2.75, 3.05) is 26.2 Å². The van der Waals surface area contributed by atoms with Crippen molar-refractivity contribution in [1.82, 2.24) is 10.2 Å². The van der Waals surface area contributed by atoms with Gasteiger partial charge in [0.1, 0.15) is 18.1 Å². The maximum atomic E-state index is 14.0. The van der Waals surface area contributed by atoms with Crippen molar-refractivity contribution in [1.29, 1.82) is 0 Å². The molecule has 5 rings (SSSR count). The van der Waals surface area contributed by atoms with Crippen molar-refractivity contribution in [2.24, 2.45) is 0 Å². The molecule has 2 aromatic carbocycles. The standard InChI is InChI=1S/C31H35N3O5/c1-20-21(2)29-26(22(3)28(20)38-19-23-8-6-5-7-9-23)14-15-31(4,39-29)30(35)33-17-16-32-18-27(33)24-10-12-25(13-11-24)34(36)37/h6,8-15,27,32H,5,7,16-19H2,1-4H3. The molecule has 2 atom stereocenters. The van der Waals surface area contributed by atoms with Crippen LogP contribution >= 0.6 is 0 Å². The molecule has 0 radical (unpaired) electrons. The Kier molecular flexibility index (Phi) is 7.32. The van der Waals surface area contributed by atoms with Crippen LogP contribution in [0.1, 0.15) is 53.6 Å². The molecule has 0 aromatic heterocycles. The van der Waals surface area contributed by atoms with Crippen LogP contribution in [0.15, 0.2) is 54.1 Å². The molecule has 1 aliphatic carbocycles. The molecule has 2 unspecified atom stereocenters. The van der Waals surface area contributed by atoms with Gasteiger partial charge in [0, 0.05) is 42.9 Å². The van der Waals surface area contributed by atoms with Crippen LogP contribution in [-0.2, 0) is 4.79 Å². The van der Waals surface area contributed by atoms with Gasteiger partial charge in [0.05, 0.1) is 11.0 Å². The molecular formula is C31H35N3O5. The highest BCUT2D eigenvalue weighted by Gasteiger charge is 2.43. The second-order valence-corrected chi connectivity index (χ2v) is 10.6. The van der Waals surface area contributed by atoms with Crippen LogP contribution in [0.5, 0.6) is 11.5 Å². The smallest absolute Gasteiger partial charge is 0.271 e. The van der Waals surface area contributed by atoms with Gasteiger partial charge >= 0.3 is 0 Å². The highest BCUT2D eigenvalue weighted by Crippen LogP contribution is 2.44. The number of piperazine rings is 1. The Bertz CT molecular complexity index is 1390. The fourth-order valence-corrected chi connectivity index (χ4v) is 5.55. The molecule has 204 valence electrons. The fraction of sp³-hybridized carbons (Fsp3) is 0.387. The lowest BCUT2D eigenvalue weighted by Crippen LogP contribution is -2.57. The number of nitro groups is 1. The molecule has 1 fully saturated rings. The highest BCUT2D eigenvalue weighted by atomic mass is 16.6. The van der Waals surface area contributed by atoms with Crippen molar-refractivity contribution in [2.45, 2.75) is 52.2 Å². The Balaban J connectivity index is 1.41. The Labute approximate surface area is 229 Å². The summed E-state index contributed by atoms with van der Waals surface area (Å²) >= 11 is 0. The predicted octanol–water partition coefficient (Wildman–Crippen LogP) is 5.51. The average Bonchev–Trinajstić information content (AvgIpc) is 2.96. The number of carbonyl (C=O) groups excluding carboxylic acids is 1. The second-order valence-electron chi connectivity index (χ2n) is 10.6. The number of amides is 1. The molecule has 39 heavy (non-hydrogen) atoms. The van der Waals surface area contributed by atoms with Crippen molar-refractivity contribution >= 4 is 17.7 Å². The summed E-state index contributed by atoms with van der Waals surface area (Å²) in [5.41, 5.74) is 4.74. The molecule has 2 aromatic rings. The lowest BCUT2D eigenvalue weighted by molar-refractivity contribution is -0.384. The average molecular weight is 530 g/mol. The first-order valence-electron chi connectivity index (χ1n) is 13.5. The van der Waals surface area contributed by atoms with Gasteiger partial charge in [-0.1, -0.05) is 36.4 Å². The maximum Gasteiger partial charge on any atom is 0.271 e. The summed E-state index contributed by atoms with van der Waals surface area (Å²) in [5, 5.41) is 14.5. The number of hydrogen-bond acceptors (Lipinski definition) is 6. The second kappa shape index (κ2) is 10.7. The number of hydrogen-bond donors (Lipinski definition) is 1. The molecule has 1 amide bonds. The number of carbonyl (C=O) groups is 1. The third-order valence-electron chi connectivity index (χ3n) is 7.99. The molecule has 8 nitrogen and oxygen atoms in total. The number of nitrogens with zero attached hydrogens (tertiary/aromatic N) is 2. The van der Waals surface area contributed by atoms with E-state index in [1.807, 2.05) is 37.8 Å². The lowest BCUT2D eigenvalue weighted by Gasteiger charge is -2.42. The van der Waals surface area contributed by atoms with Gasteiger partial charge in [-0.3, -0.25) is 14.9 Å². The monoisotopic (exact) mass is 529 g/mol. The zero-order valence-corrected chi connectivity index (χ0v) is 23.0. The van der Waals surface area contributed by atoms with Crippen molar-refractivity contribution in [3.05, 3.63) is 92.1 Å². The largest absolute Gasteiger partial charge is 0.488 e. The Morgan fingerprint density at radius 2 is 1.92 bits per heavy atom. The van der Waals surface area contributed by atoms with Gasteiger partial charge in [-0.05, 0) is 68.9 Å². The number of rotatable bonds is 6. The van der Waals surface area contributed by atoms with Crippen LogP contribution in [0.4, 0.5) is 5.69 Å². The first-order valence-corrected chi connectivity index (χ1v) is 13.5. The number of benzene rings is 2. The van der Waals surface area contributed by atoms with Crippen LogP contribution in [0, 0.1) is 30.9 Å². The van der Waals surface area contributed by atoms with Gasteiger partial charge in [0.2, 0.25) is 5.60 Å². The highest BCUT2D eigenvalue weighted by molar-refractivity contribution is 5.91. The Morgan fingerprint density at radius 3 is 2.62 bits per heavy atom. The van der Waals surface area contributed by atoms with Gasteiger partial charge in [-0.25, -0.2) is 0 Å². The first kappa shape index (κ1) is 26.7. The van der Waals surface area contributed by atoms with Crippen molar-refractivity contribution < 1.29 is 19.2 Å². The van der Waals surface area contributed by atoms with Gasteiger partial charge in [0.25, 0.3) is 11.6 Å². The number of nitrogens with one attached hydrogen (secondary N) is 1. The first-order chi connectivity index (χ1) is 18.7. The number of ether oxygens (including phenoxy) is 2.